The van der Waals surface area contributed by atoms with Crippen LogP contribution >= 0.6 is 51.2 Å². The Hall–Kier alpha value is 0.140. The number of halogens is 2. The van der Waals surface area contributed by atoms with Gasteiger partial charge in [-0.25, -0.2) is 4.99 Å². The summed E-state index contributed by atoms with van der Waals surface area (Å²) in [5, 5.41) is 5.59. The Balaban J connectivity index is 0.00000176. The molecule has 1 unspecified atom stereocenters. The van der Waals surface area contributed by atoms with Gasteiger partial charge in [-0.15, -0.1) is 35.3 Å². The third-order valence-electron chi connectivity index (χ3n) is 4.29. The molecule has 22 heavy (non-hydrogen) atoms. The van der Waals surface area contributed by atoms with Crippen molar-refractivity contribution in [3.8, 4) is 0 Å². The van der Waals surface area contributed by atoms with Crippen molar-refractivity contribution in [2.75, 3.05) is 32.8 Å². The number of hydrogen-bond acceptors (Lipinski definition) is 3. The highest BCUT2D eigenvalue weighted by atomic mass is 127. The highest BCUT2D eigenvalue weighted by molar-refractivity contribution is 14.0. The molecule has 2 fully saturated rings. The van der Waals surface area contributed by atoms with E-state index in [0.717, 1.165) is 45.4 Å². The van der Waals surface area contributed by atoms with Crippen molar-refractivity contribution in [1.82, 2.24) is 10.2 Å². The largest absolute Gasteiger partial charge is 0.381 e. The fourth-order valence-corrected chi connectivity index (χ4v) is 4.31. The SMILES string of the molecule is CCNC(=NCc1csc(Br)c1)N1CCC2(CCOC2)C1.I. The number of aliphatic imine (C=N–C) groups is 1. The van der Waals surface area contributed by atoms with Crippen LogP contribution in [0.4, 0.5) is 0 Å². The van der Waals surface area contributed by atoms with Gasteiger partial charge in [0, 0.05) is 31.7 Å². The number of rotatable bonds is 3. The quantitative estimate of drug-likeness (QED) is 0.391. The zero-order valence-corrected chi connectivity index (χ0v) is 17.5. The van der Waals surface area contributed by atoms with Gasteiger partial charge in [-0.2, -0.15) is 0 Å². The van der Waals surface area contributed by atoms with Crippen LogP contribution in [-0.2, 0) is 11.3 Å². The predicted octanol–water partition coefficient (Wildman–Crippen LogP) is 3.71. The second-order valence-corrected chi connectivity index (χ2v) is 8.19. The maximum Gasteiger partial charge on any atom is 0.194 e. The van der Waals surface area contributed by atoms with Gasteiger partial charge in [0.1, 0.15) is 0 Å². The van der Waals surface area contributed by atoms with Crippen molar-refractivity contribution in [3.63, 3.8) is 0 Å². The van der Waals surface area contributed by atoms with Crippen molar-refractivity contribution >= 4 is 57.2 Å². The van der Waals surface area contributed by atoms with Gasteiger partial charge >= 0.3 is 0 Å². The monoisotopic (exact) mass is 499 g/mol. The molecule has 2 aliphatic heterocycles. The zero-order valence-electron chi connectivity index (χ0n) is 12.8. The van der Waals surface area contributed by atoms with Gasteiger partial charge in [0.05, 0.1) is 16.9 Å². The van der Waals surface area contributed by atoms with Crippen LogP contribution in [0.15, 0.2) is 20.2 Å². The van der Waals surface area contributed by atoms with Crippen molar-refractivity contribution in [1.29, 1.82) is 0 Å². The number of nitrogens with one attached hydrogen (secondary N) is 1. The van der Waals surface area contributed by atoms with E-state index in [1.165, 1.54) is 22.2 Å². The Bertz CT molecular complexity index is 517. The van der Waals surface area contributed by atoms with E-state index in [1.807, 2.05) is 0 Å². The Labute approximate surface area is 161 Å². The van der Waals surface area contributed by atoms with Crippen LogP contribution in [0, 0.1) is 5.41 Å². The summed E-state index contributed by atoms with van der Waals surface area (Å²) in [6.07, 6.45) is 2.42. The van der Waals surface area contributed by atoms with Crippen molar-refractivity contribution in [2.45, 2.75) is 26.3 Å². The molecule has 0 radical (unpaired) electrons. The highest BCUT2D eigenvalue weighted by Crippen LogP contribution is 2.38. The minimum Gasteiger partial charge on any atom is -0.381 e. The topological polar surface area (TPSA) is 36.9 Å². The molecule has 7 heteroatoms. The first-order chi connectivity index (χ1) is 10.2. The summed E-state index contributed by atoms with van der Waals surface area (Å²) in [7, 11) is 0. The molecule has 0 amide bonds. The first-order valence-corrected chi connectivity index (χ1v) is 9.22. The lowest BCUT2D eigenvalue weighted by atomic mass is 9.87. The summed E-state index contributed by atoms with van der Waals surface area (Å²) in [5.41, 5.74) is 1.64. The molecule has 0 aliphatic carbocycles. The summed E-state index contributed by atoms with van der Waals surface area (Å²) in [5.74, 6) is 1.04. The van der Waals surface area contributed by atoms with Crippen LogP contribution in [0.25, 0.3) is 0 Å². The summed E-state index contributed by atoms with van der Waals surface area (Å²) < 4.78 is 6.78. The second kappa shape index (κ2) is 8.30. The van der Waals surface area contributed by atoms with Crippen molar-refractivity contribution < 1.29 is 4.74 Å². The highest BCUT2D eigenvalue weighted by Gasteiger charge is 2.42. The van der Waals surface area contributed by atoms with Gasteiger partial charge in [-0.05, 0) is 52.7 Å². The van der Waals surface area contributed by atoms with Crippen molar-refractivity contribution in [3.05, 3.63) is 20.8 Å². The van der Waals surface area contributed by atoms with Crippen LogP contribution in [0.5, 0.6) is 0 Å². The summed E-state index contributed by atoms with van der Waals surface area (Å²) in [6, 6.07) is 2.15. The van der Waals surface area contributed by atoms with Crippen LogP contribution < -0.4 is 5.32 Å². The molecule has 1 aromatic heterocycles. The minimum atomic E-state index is 0. The van der Waals surface area contributed by atoms with E-state index in [-0.39, 0.29) is 24.0 Å². The number of thiophene rings is 1. The van der Waals surface area contributed by atoms with Gasteiger partial charge in [-0.3, -0.25) is 0 Å². The number of guanidine groups is 1. The smallest absolute Gasteiger partial charge is 0.194 e. The predicted molar refractivity (Wildman–Crippen MR) is 106 cm³/mol. The van der Waals surface area contributed by atoms with E-state index in [0.29, 0.717) is 5.41 Å². The molecule has 0 bridgehead atoms. The molecule has 3 heterocycles. The lowest BCUT2D eigenvalue weighted by Gasteiger charge is -2.24. The van der Waals surface area contributed by atoms with E-state index in [1.54, 1.807) is 11.3 Å². The molecule has 1 N–H and O–H groups in total. The molecule has 2 saturated heterocycles. The van der Waals surface area contributed by atoms with Gasteiger partial charge in [-0.1, -0.05) is 0 Å². The molecule has 4 nitrogen and oxygen atoms in total. The number of hydrogen-bond donors (Lipinski definition) is 1. The minimum absolute atomic E-state index is 0. The van der Waals surface area contributed by atoms with Gasteiger partial charge < -0.3 is 15.0 Å². The van der Waals surface area contributed by atoms with Crippen molar-refractivity contribution in [2.24, 2.45) is 10.4 Å². The van der Waals surface area contributed by atoms with Gasteiger partial charge in [0.2, 0.25) is 0 Å². The van der Waals surface area contributed by atoms with E-state index < -0.39 is 0 Å². The zero-order chi connectivity index (χ0) is 14.7. The Kier molecular flexibility index (Phi) is 6.97. The third kappa shape index (κ3) is 4.36. The summed E-state index contributed by atoms with van der Waals surface area (Å²) in [6.45, 7) is 7.78. The molecule has 0 aromatic carbocycles. The van der Waals surface area contributed by atoms with E-state index in [9.17, 15) is 0 Å². The molecular formula is C15H23BrIN3OS. The second-order valence-electron chi connectivity index (χ2n) is 5.90. The molecule has 1 aromatic rings. The maximum atomic E-state index is 5.61. The Morgan fingerprint density at radius 3 is 3.05 bits per heavy atom. The lowest BCUT2D eigenvalue weighted by molar-refractivity contribution is 0.156. The summed E-state index contributed by atoms with van der Waals surface area (Å²) in [4.78, 5) is 7.21. The van der Waals surface area contributed by atoms with Gasteiger partial charge in [0.15, 0.2) is 5.96 Å². The average Bonchev–Trinajstić information content (AvgIpc) is 3.19. The first kappa shape index (κ1) is 18.5. The molecule has 1 atom stereocenters. The van der Waals surface area contributed by atoms with E-state index in [2.05, 4.69) is 44.5 Å². The molecule has 124 valence electrons. The Morgan fingerprint density at radius 1 is 1.55 bits per heavy atom. The molecule has 0 saturated carbocycles. The summed E-state index contributed by atoms with van der Waals surface area (Å²) >= 11 is 5.22. The molecule has 3 rings (SSSR count). The molecule has 1 spiro atoms. The van der Waals surface area contributed by atoms with E-state index in [4.69, 9.17) is 9.73 Å². The normalized spacial score (nSPS) is 24.8. The maximum absolute atomic E-state index is 5.61. The fourth-order valence-electron chi connectivity index (χ4n) is 3.11. The molecule has 2 aliphatic rings. The standard InChI is InChI=1S/C15H22BrN3OS.HI/c1-2-17-14(18-8-12-7-13(16)21-9-12)19-5-3-15(10-19)4-6-20-11-15;/h7,9H,2-6,8,10-11H2,1H3,(H,17,18);1H. The third-order valence-corrected chi connectivity index (χ3v) is 5.84. The van der Waals surface area contributed by atoms with Crippen LogP contribution in [-0.4, -0.2) is 43.7 Å². The molecular weight excluding hydrogens is 477 g/mol. The van der Waals surface area contributed by atoms with Gasteiger partial charge in [0.25, 0.3) is 0 Å². The number of likely N-dealkylation sites (tertiary alicyclic amines) is 1. The average molecular weight is 500 g/mol. The first-order valence-electron chi connectivity index (χ1n) is 7.55. The van der Waals surface area contributed by atoms with E-state index >= 15 is 0 Å². The fraction of sp³-hybridized carbons (Fsp3) is 0.667. The van der Waals surface area contributed by atoms with Crippen LogP contribution in [0.2, 0.25) is 0 Å². The number of ether oxygens (including phenoxy) is 1. The lowest BCUT2D eigenvalue weighted by Crippen LogP contribution is -2.41. The number of nitrogens with zero attached hydrogens (tertiary/aromatic N) is 2. The van der Waals surface area contributed by atoms with Crippen LogP contribution in [0.3, 0.4) is 0 Å². The van der Waals surface area contributed by atoms with Crippen LogP contribution in [0.1, 0.15) is 25.3 Å². The Morgan fingerprint density at radius 2 is 2.41 bits per heavy atom.